The van der Waals surface area contributed by atoms with Gasteiger partial charge in [-0.1, -0.05) is 0 Å². The molecule has 5 nitrogen and oxygen atoms in total. The van der Waals surface area contributed by atoms with Crippen LogP contribution < -0.4 is 0 Å². The smallest absolute Gasteiger partial charge is 0.371 e. The van der Waals surface area contributed by atoms with Crippen LogP contribution in [0, 0.1) is 6.92 Å². The average molecular weight is 239 g/mol. The molecule has 17 heavy (non-hydrogen) atoms. The Morgan fingerprint density at radius 2 is 2.18 bits per heavy atom. The van der Waals surface area contributed by atoms with E-state index in [1.165, 1.54) is 0 Å². The van der Waals surface area contributed by atoms with Crippen LogP contribution in [0.15, 0.2) is 10.5 Å². The summed E-state index contributed by atoms with van der Waals surface area (Å²) < 4.78 is 5.16. The van der Waals surface area contributed by atoms with Gasteiger partial charge in [0.05, 0.1) is 6.10 Å². The Balaban J connectivity index is 2.01. The van der Waals surface area contributed by atoms with Crippen LogP contribution in [-0.2, 0) is 6.54 Å². The molecule has 1 saturated heterocycles. The highest BCUT2D eigenvalue weighted by Gasteiger charge is 2.20. The molecule has 0 radical (unpaired) electrons. The fourth-order valence-electron chi connectivity index (χ4n) is 2.10. The molecule has 0 aliphatic carbocycles. The molecule has 0 bridgehead atoms. The molecule has 0 amide bonds. The van der Waals surface area contributed by atoms with Crippen LogP contribution in [0.3, 0.4) is 0 Å². The maximum absolute atomic E-state index is 10.8. The first kappa shape index (κ1) is 12.1. The largest absolute Gasteiger partial charge is 0.475 e. The number of aromatic carboxylic acids is 1. The zero-order valence-corrected chi connectivity index (χ0v) is 9.85. The quantitative estimate of drug-likeness (QED) is 0.830. The molecule has 2 heterocycles. The van der Waals surface area contributed by atoms with Crippen LogP contribution in [-0.4, -0.2) is 40.3 Å². The van der Waals surface area contributed by atoms with Crippen LogP contribution in [0.25, 0.3) is 0 Å². The van der Waals surface area contributed by atoms with E-state index in [1.54, 1.807) is 13.0 Å². The zero-order valence-electron chi connectivity index (χ0n) is 9.85. The lowest BCUT2D eigenvalue weighted by Crippen LogP contribution is -2.35. The van der Waals surface area contributed by atoms with Crippen LogP contribution >= 0.6 is 0 Å². The molecule has 0 atom stereocenters. The molecule has 1 aromatic rings. The van der Waals surface area contributed by atoms with Crippen molar-refractivity contribution in [3.05, 3.63) is 23.2 Å². The van der Waals surface area contributed by atoms with Gasteiger partial charge in [0.15, 0.2) is 0 Å². The highest BCUT2D eigenvalue weighted by Crippen LogP contribution is 2.19. The highest BCUT2D eigenvalue weighted by molar-refractivity contribution is 5.84. The molecular formula is C12H17NO4. The molecule has 1 aromatic heterocycles. The molecule has 94 valence electrons. The maximum Gasteiger partial charge on any atom is 0.371 e. The van der Waals surface area contributed by atoms with Gasteiger partial charge in [0.2, 0.25) is 5.76 Å². The van der Waals surface area contributed by atoms with Crippen molar-refractivity contribution in [2.24, 2.45) is 0 Å². The summed E-state index contributed by atoms with van der Waals surface area (Å²) >= 11 is 0. The topological polar surface area (TPSA) is 73.9 Å². The van der Waals surface area contributed by atoms with Crippen LogP contribution in [0.2, 0.25) is 0 Å². The first-order valence-electron chi connectivity index (χ1n) is 5.79. The number of carboxylic acids is 1. The van der Waals surface area contributed by atoms with Crippen molar-refractivity contribution in [2.75, 3.05) is 13.1 Å². The van der Waals surface area contributed by atoms with Crippen LogP contribution in [0.1, 0.15) is 34.7 Å². The van der Waals surface area contributed by atoms with E-state index in [0.29, 0.717) is 12.3 Å². The fraction of sp³-hybridized carbons (Fsp3) is 0.583. The van der Waals surface area contributed by atoms with Crippen LogP contribution in [0.5, 0.6) is 0 Å². The predicted octanol–water partition coefficient (Wildman–Crippen LogP) is 1.24. The summed E-state index contributed by atoms with van der Waals surface area (Å²) in [5.74, 6) is -0.378. The first-order valence-corrected chi connectivity index (χ1v) is 5.79. The van der Waals surface area contributed by atoms with Crippen molar-refractivity contribution in [3.8, 4) is 0 Å². The molecular weight excluding hydrogens is 222 g/mol. The number of aliphatic hydroxyl groups is 1. The van der Waals surface area contributed by atoms with E-state index in [9.17, 15) is 9.90 Å². The van der Waals surface area contributed by atoms with Gasteiger partial charge < -0.3 is 14.6 Å². The first-order chi connectivity index (χ1) is 8.06. The number of hydrogen-bond acceptors (Lipinski definition) is 4. The summed E-state index contributed by atoms with van der Waals surface area (Å²) in [6, 6.07) is 1.59. The number of carbonyl (C=O) groups is 1. The summed E-state index contributed by atoms with van der Waals surface area (Å²) in [7, 11) is 0. The lowest BCUT2D eigenvalue weighted by atomic mass is 10.1. The molecule has 0 spiro atoms. The zero-order chi connectivity index (χ0) is 12.4. The Labute approximate surface area is 99.6 Å². The monoisotopic (exact) mass is 239 g/mol. The van der Waals surface area contributed by atoms with Gasteiger partial charge >= 0.3 is 5.97 Å². The van der Waals surface area contributed by atoms with Gasteiger partial charge in [0.25, 0.3) is 0 Å². The van der Waals surface area contributed by atoms with Crippen LogP contribution in [0.4, 0.5) is 0 Å². The molecule has 2 rings (SSSR count). The number of piperidine rings is 1. The Kier molecular flexibility index (Phi) is 3.49. The van der Waals surface area contributed by atoms with E-state index in [2.05, 4.69) is 4.90 Å². The van der Waals surface area contributed by atoms with Gasteiger partial charge in [-0.2, -0.15) is 0 Å². The Morgan fingerprint density at radius 3 is 2.71 bits per heavy atom. The molecule has 1 fully saturated rings. The van der Waals surface area contributed by atoms with Crippen molar-refractivity contribution in [3.63, 3.8) is 0 Å². The second-order valence-corrected chi connectivity index (χ2v) is 4.50. The summed E-state index contributed by atoms with van der Waals surface area (Å²) in [5.41, 5.74) is 0.916. The van der Waals surface area contributed by atoms with Crippen molar-refractivity contribution in [1.82, 2.24) is 4.90 Å². The molecule has 1 aliphatic rings. The molecule has 0 saturated carbocycles. The minimum atomic E-state index is -1.03. The number of carboxylic acid groups (broad SMARTS) is 1. The molecule has 0 unspecified atom stereocenters. The SMILES string of the molecule is Cc1oc(C(=O)O)cc1CN1CCC(O)CC1. The second kappa shape index (κ2) is 4.89. The third kappa shape index (κ3) is 2.87. The van der Waals surface area contributed by atoms with Crippen molar-refractivity contribution < 1.29 is 19.4 Å². The predicted molar refractivity (Wildman–Crippen MR) is 60.9 cm³/mol. The second-order valence-electron chi connectivity index (χ2n) is 4.50. The molecule has 5 heteroatoms. The van der Waals surface area contributed by atoms with E-state index in [4.69, 9.17) is 9.52 Å². The third-order valence-electron chi connectivity index (χ3n) is 3.18. The highest BCUT2D eigenvalue weighted by atomic mass is 16.4. The number of furan rings is 1. The van der Waals surface area contributed by atoms with Crippen molar-refractivity contribution in [1.29, 1.82) is 0 Å². The van der Waals surface area contributed by atoms with Gasteiger partial charge in [0.1, 0.15) is 5.76 Å². The Hall–Kier alpha value is -1.33. The van der Waals surface area contributed by atoms with Crippen molar-refractivity contribution >= 4 is 5.97 Å². The third-order valence-corrected chi connectivity index (χ3v) is 3.18. The standard InChI is InChI=1S/C12H17NO4/c1-8-9(6-11(17-8)12(15)16)7-13-4-2-10(14)3-5-13/h6,10,14H,2-5,7H2,1H3,(H,15,16). The normalized spacial score (nSPS) is 18.5. The Bertz CT molecular complexity index is 405. The van der Waals surface area contributed by atoms with E-state index in [-0.39, 0.29) is 11.9 Å². The molecule has 2 N–H and O–H groups in total. The maximum atomic E-state index is 10.8. The summed E-state index contributed by atoms with van der Waals surface area (Å²) in [6.07, 6.45) is 1.37. The molecule has 0 aromatic carbocycles. The van der Waals surface area contributed by atoms with E-state index >= 15 is 0 Å². The average Bonchev–Trinajstić information content (AvgIpc) is 2.64. The van der Waals surface area contributed by atoms with Gasteiger partial charge in [-0.15, -0.1) is 0 Å². The fourth-order valence-corrected chi connectivity index (χ4v) is 2.10. The van der Waals surface area contributed by atoms with Gasteiger partial charge in [-0.05, 0) is 25.8 Å². The summed E-state index contributed by atoms with van der Waals surface area (Å²) in [6.45, 7) is 4.15. The number of aryl methyl sites for hydroxylation is 1. The lowest BCUT2D eigenvalue weighted by molar-refractivity contribution is 0.0660. The Morgan fingerprint density at radius 1 is 1.53 bits per heavy atom. The van der Waals surface area contributed by atoms with Gasteiger partial charge in [-0.25, -0.2) is 4.79 Å². The molecule has 1 aliphatic heterocycles. The minimum absolute atomic E-state index is 0.00505. The number of likely N-dealkylation sites (tertiary alicyclic amines) is 1. The number of aliphatic hydroxyl groups excluding tert-OH is 1. The van der Waals surface area contributed by atoms with E-state index in [1.807, 2.05) is 0 Å². The minimum Gasteiger partial charge on any atom is -0.475 e. The summed E-state index contributed by atoms with van der Waals surface area (Å²) in [5, 5.41) is 18.2. The number of rotatable bonds is 3. The number of nitrogens with zero attached hydrogens (tertiary/aromatic N) is 1. The van der Waals surface area contributed by atoms with Gasteiger partial charge in [-0.3, -0.25) is 4.90 Å². The van der Waals surface area contributed by atoms with E-state index < -0.39 is 5.97 Å². The van der Waals surface area contributed by atoms with Gasteiger partial charge in [0, 0.05) is 25.2 Å². The lowest BCUT2D eigenvalue weighted by Gasteiger charge is -2.29. The number of hydrogen-bond donors (Lipinski definition) is 2. The van der Waals surface area contributed by atoms with E-state index in [0.717, 1.165) is 31.5 Å². The summed E-state index contributed by atoms with van der Waals surface area (Å²) in [4.78, 5) is 13.0. The van der Waals surface area contributed by atoms with Crippen molar-refractivity contribution in [2.45, 2.75) is 32.4 Å².